The van der Waals surface area contributed by atoms with E-state index < -0.39 is 5.60 Å². The number of halogens is 1. The first-order valence-corrected chi connectivity index (χ1v) is 9.13. The zero-order chi connectivity index (χ0) is 18.3. The van der Waals surface area contributed by atoms with Crippen LogP contribution < -0.4 is 0 Å². The molecule has 0 radical (unpaired) electrons. The Kier molecular flexibility index (Phi) is 3.81. The summed E-state index contributed by atoms with van der Waals surface area (Å²) in [5.74, 6) is 0. The summed E-state index contributed by atoms with van der Waals surface area (Å²) >= 11 is 6.08. The van der Waals surface area contributed by atoms with Crippen LogP contribution in [0.4, 0.5) is 0 Å². The number of rotatable bonds is 4. The van der Waals surface area contributed by atoms with Crippen LogP contribution in [0.5, 0.6) is 0 Å². The van der Waals surface area contributed by atoms with Gasteiger partial charge in [0.15, 0.2) is 0 Å². The van der Waals surface area contributed by atoms with Crippen LogP contribution >= 0.6 is 11.6 Å². The van der Waals surface area contributed by atoms with Gasteiger partial charge in [-0.05, 0) is 41.5 Å². The third-order valence-electron chi connectivity index (χ3n) is 4.91. The zero-order valence-electron chi connectivity index (χ0n) is 14.4. The first kappa shape index (κ1) is 16.2. The van der Waals surface area contributed by atoms with E-state index in [1.165, 1.54) is 0 Å². The molecule has 3 aromatic carbocycles. The maximum Gasteiger partial charge on any atom is 0.149 e. The van der Waals surface area contributed by atoms with E-state index in [-0.39, 0.29) is 6.10 Å². The highest BCUT2D eigenvalue weighted by Crippen LogP contribution is 2.52. The van der Waals surface area contributed by atoms with Gasteiger partial charge in [0.25, 0.3) is 0 Å². The molecule has 0 spiro atoms. The predicted octanol–water partition coefficient (Wildman–Crippen LogP) is 4.90. The molecule has 1 aromatic heterocycles. The summed E-state index contributed by atoms with van der Waals surface area (Å²) < 4.78 is 8.01. The molecule has 2 unspecified atom stereocenters. The summed E-state index contributed by atoms with van der Waals surface area (Å²) in [4.78, 5) is 0. The average Bonchev–Trinajstić information content (AvgIpc) is 3.31. The Bertz CT molecular complexity index is 1120. The minimum atomic E-state index is -0.501. The summed E-state index contributed by atoms with van der Waals surface area (Å²) in [6, 6.07) is 26.0. The van der Waals surface area contributed by atoms with E-state index in [2.05, 4.69) is 22.4 Å². The molecule has 1 aliphatic heterocycles. The van der Waals surface area contributed by atoms with Crippen molar-refractivity contribution < 1.29 is 4.74 Å². The average molecular weight is 374 g/mol. The standard InChI is InChI=1S/C22H16ClN3O/c23-18-12-10-17(11-13-18)22(16-6-2-1-3-7-16)21(27-22)14-15-26-20-9-5-4-8-19(20)24-25-26/h1-15,21H. The molecular weight excluding hydrogens is 358 g/mol. The van der Waals surface area contributed by atoms with E-state index in [1.54, 1.807) is 4.68 Å². The summed E-state index contributed by atoms with van der Waals surface area (Å²) in [6.45, 7) is 0. The molecule has 132 valence electrons. The van der Waals surface area contributed by atoms with Crippen LogP contribution in [0.25, 0.3) is 17.2 Å². The first-order valence-electron chi connectivity index (χ1n) is 8.75. The normalized spacial score (nSPS) is 21.7. The second-order valence-corrected chi connectivity index (χ2v) is 6.95. The monoisotopic (exact) mass is 373 g/mol. The van der Waals surface area contributed by atoms with Crippen LogP contribution in [0.2, 0.25) is 5.02 Å². The zero-order valence-corrected chi connectivity index (χ0v) is 15.1. The second kappa shape index (κ2) is 6.34. The number of aromatic nitrogens is 3. The summed E-state index contributed by atoms with van der Waals surface area (Å²) in [6.07, 6.45) is 3.85. The van der Waals surface area contributed by atoms with Crippen molar-refractivity contribution in [3.8, 4) is 0 Å². The number of fused-ring (bicyclic) bond motifs is 1. The van der Waals surface area contributed by atoms with Gasteiger partial charge in [-0.1, -0.05) is 71.4 Å². The Morgan fingerprint density at radius 2 is 1.59 bits per heavy atom. The Balaban J connectivity index is 1.52. The van der Waals surface area contributed by atoms with E-state index in [0.717, 1.165) is 22.2 Å². The van der Waals surface area contributed by atoms with Gasteiger partial charge in [0.1, 0.15) is 17.2 Å². The molecule has 2 heterocycles. The van der Waals surface area contributed by atoms with Crippen molar-refractivity contribution in [1.29, 1.82) is 0 Å². The fourth-order valence-corrected chi connectivity index (χ4v) is 3.64. The van der Waals surface area contributed by atoms with E-state index >= 15 is 0 Å². The van der Waals surface area contributed by atoms with Crippen molar-refractivity contribution in [2.75, 3.05) is 0 Å². The largest absolute Gasteiger partial charge is 0.351 e. The molecule has 27 heavy (non-hydrogen) atoms. The van der Waals surface area contributed by atoms with Crippen LogP contribution in [-0.4, -0.2) is 21.1 Å². The maximum absolute atomic E-state index is 6.24. The molecule has 1 fully saturated rings. The van der Waals surface area contributed by atoms with Gasteiger partial charge in [0.05, 0.1) is 5.52 Å². The molecule has 0 bridgehead atoms. The third kappa shape index (κ3) is 2.74. The van der Waals surface area contributed by atoms with Gasteiger partial charge in [-0.3, -0.25) is 0 Å². The highest BCUT2D eigenvalue weighted by atomic mass is 35.5. The molecule has 0 N–H and O–H groups in total. The van der Waals surface area contributed by atoms with Crippen molar-refractivity contribution in [3.63, 3.8) is 0 Å². The first-order chi connectivity index (χ1) is 13.3. The van der Waals surface area contributed by atoms with Gasteiger partial charge in [-0.15, -0.1) is 5.10 Å². The minimum absolute atomic E-state index is 0.0935. The number of nitrogens with zero attached hydrogens (tertiary/aromatic N) is 3. The van der Waals surface area contributed by atoms with Gasteiger partial charge in [-0.2, -0.15) is 0 Å². The predicted molar refractivity (Wildman–Crippen MR) is 106 cm³/mol. The third-order valence-corrected chi connectivity index (χ3v) is 5.16. The molecular formula is C22H16ClN3O. The topological polar surface area (TPSA) is 43.2 Å². The number of hydrogen-bond donors (Lipinski definition) is 0. The van der Waals surface area contributed by atoms with Crippen molar-refractivity contribution in [2.45, 2.75) is 11.7 Å². The van der Waals surface area contributed by atoms with Crippen molar-refractivity contribution >= 4 is 28.8 Å². The molecule has 1 saturated heterocycles. The Labute approximate surface area is 161 Å². The number of epoxide rings is 1. The fourth-order valence-electron chi connectivity index (χ4n) is 3.51. The summed E-state index contributed by atoms with van der Waals surface area (Å²) in [5.41, 5.74) is 3.53. The lowest BCUT2D eigenvalue weighted by atomic mass is 9.88. The number of benzene rings is 3. The lowest BCUT2D eigenvalue weighted by Crippen LogP contribution is -2.14. The van der Waals surface area contributed by atoms with E-state index in [4.69, 9.17) is 16.3 Å². The fraction of sp³-hybridized carbons (Fsp3) is 0.0909. The Hall–Kier alpha value is -2.95. The van der Waals surface area contributed by atoms with Gasteiger partial charge in [0.2, 0.25) is 0 Å². The smallest absolute Gasteiger partial charge is 0.149 e. The van der Waals surface area contributed by atoms with Crippen LogP contribution in [0.3, 0.4) is 0 Å². The molecule has 2 atom stereocenters. The van der Waals surface area contributed by atoms with Crippen LogP contribution in [-0.2, 0) is 10.3 Å². The minimum Gasteiger partial charge on any atom is -0.351 e. The highest BCUT2D eigenvalue weighted by Gasteiger charge is 2.57. The quantitative estimate of drug-likeness (QED) is 0.478. The lowest BCUT2D eigenvalue weighted by molar-refractivity contribution is 0.338. The van der Waals surface area contributed by atoms with Crippen LogP contribution in [0.1, 0.15) is 11.1 Å². The van der Waals surface area contributed by atoms with Gasteiger partial charge < -0.3 is 4.74 Å². The molecule has 4 aromatic rings. The molecule has 0 aliphatic carbocycles. The Morgan fingerprint density at radius 1 is 0.889 bits per heavy atom. The Morgan fingerprint density at radius 3 is 2.41 bits per heavy atom. The van der Waals surface area contributed by atoms with Gasteiger partial charge in [0, 0.05) is 11.2 Å². The van der Waals surface area contributed by atoms with Crippen LogP contribution in [0.15, 0.2) is 84.9 Å². The number of hydrogen-bond acceptors (Lipinski definition) is 3. The lowest BCUT2D eigenvalue weighted by Gasteiger charge is -2.13. The van der Waals surface area contributed by atoms with E-state index in [9.17, 15) is 0 Å². The molecule has 0 saturated carbocycles. The molecule has 5 heteroatoms. The van der Waals surface area contributed by atoms with Crippen molar-refractivity contribution in [2.24, 2.45) is 0 Å². The summed E-state index contributed by atoms with van der Waals surface area (Å²) in [7, 11) is 0. The molecule has 5 rings (SSSR count). The molecule has 1 aliphatic rings. The number of ether oxygens (including phenoxy) is 1. The SMILES string of the molecule is Clc1ccc(C2(c3ccccc3)OC2C=Cn2nnc3ccccc32)cc1. The highest BCUT2D eigenvalue weighted by molar-refractivity contribution is 6.30. The van der Waals surface area contributed by atoms with Gasteiger partial charge in [-0.25, -0.2) is 4.68 Å². The van der Waals surface area contributed by atoms with E-state index in [1.807, 2.05) is 79.0 Å². The van der Waals surface area contributed by atoms with E-state index in [0.29, 0.717) is 5.02 Å². The maximum atomic E-state index is 6.24. The molecule has 4 nitrogen and oxygen atoms in total. The van der Waals surface area contributed by atoms with Crippen LogP contribution in [0, 0.1) is 0 Å². The second-order valence-electron chi connectivity index (χ2n) is 6.51. The number of para-hydroxylation sites is 1. The molecule has 0 amide bonds. The van der Waals surface area contributed by atoms with Crippen molar-refractivity contribution in [3.05, 3.63) is 101 Å². The summed E-state index contributed by atoms with van der Waals surface area (Å²) in [5, 5.41) is 9.10. The van der Waals surface area contributed by atoms with Gasteiger partial charge >= 0.3 is 0 Å². The van der Waals surface area contributed by atoms with Crippen molar-refractivity contribution in [1.82, 2.24) is 15.0 Å².